The molecule has 170 valence electrons. The molecule has 0 aromatic heterocycles. The van der Waals surface area contributed by atoms with Crippen LogP contribution in [0.2, 0.25) is 0 Å². The van der Waals surface area contributed by atoms with Crippen molar-refractivity contribution in [3.05, 3.63) is 95.6 Å². The molecule has 0 unspecified atom stereocenters. The van der Waals surface area contributed by atoms with Crippen LogP contribution in [0, 0.1) is 0 Å². The third-order valence-corrected chi connectivity index (χ3v) is 6.00. The van der Waals surface area contributed by atoms with Crippen molar-refractivity contribution in [1.29, 1.82) is 0 Å². The van der Waals surface area contributed by atoms with Crippen molar-refractivity contribution in [3.8, 4) is 0 Å². The fourth-order valence-electron chi connectivity index (χ4n) is 4.11. The quantitative estimate of drug-likeness (QED) is 0.502. The van der Waals surface area contributed by atoms with Gasteiger partial charge in [0.25, 0.3) is 0 Å². The standard InChI is InChI=1S/C28H31N3O2/c1-21(2)24-11-9-23(10-12-24)20-30-17-6-18-31(28(30)33)26-15-13-25(14-16-26)29-27(32)19-22-7-4-3-5-8-22/h3-5,7-16,21H,6,17-20H2,1-2H3,(H,29,32). The number of carbonyl (C=O) groups is 2. The lowest BCUT2D eigenvalue weighted by atomic mass is 10.0. The third kappa shape index (κ3) is 5.80. The minimum Gasteiger partial charge on any atom is -0.326 e. The number of benzene rings is 3. The van der Waals surface area contributed by atoms with Crippen molar-refractivity contribution in [2.75, 3.05) is 23.3 Å². The Morgan fingerprint density at radius 2 is 1.58 bits per heavy atom. The van der Waals surface area contributed by atoms with E-state index in [9.17, 15) is 9.59 Å². The van der Waals surface area contributed by atoms with Crippen molar-refractivity contribution in [3.63, 3.8) is 0 Å². The van der Waals surface area contributed by atoms with Crippen LogP contribution in [0.3, 0.4) is 0 Å². The van der Waals surface area contributed by atoms with Crippen molar-refractivity contribution in [2.24, 2.45) is 0 Å². The first-order valence-corrected chi connectivity index (χ1v) is 11.6. The summed E-state index contributed by atoms with van der Waals surface area (Å²) >= 11 is 0. The van der Waals surface area contributed by atoms with Crippen molar-refractivity contribution >= 4 is 23.3 Å². The van der Waals surface area contributed by atoms with Gasteiger partial charge in [0.2, 0.25) is 5.91 Å². The highest BCUT2D eigenvalue weighted by Gasteiger charge is 2.26. The van der Waals surface area contributed by atoms with E-state index in [1.54, 1.807) is 0 Å². The molecule has 3 aromatic rings. The summed E-state index contributed by atoms with van der Waals surface area (Å²) in [5.41, 5.74) is 5.00. The molecule has 1 saturated heterocycles. The highest BCUT2D eigenvalue weighted by molar-refractivity contribution is 5.94. The summed E-state index contributed by atoms with van der Waals surface area (Å²) in [7, 11) is 0. The molecule has 5 heteroatoms. The number of hydrogen-bond donors (Lipinski definition) is 1. The van der Waals surface area contributed by atoms with E-state index in [-0.39, 0.29) is 11.9 Å². The monoisotopic (exact) mass is 441 g/mol. The second kappa shape index (κ2) is 10.3. The summed E-state index contributed by atoms with van der Waals surface area (Å²) in [6.45, 7) is 6.43. The molecule has 0 bridgehead atoms. The number of nitrogens with zero attached hydrogens (tertiary/aromatic N) is 2. The van der Waals surface area contributed by atoms with E-state index in [0.29, 0.717) is 25.4 Å². The van der Waals surface area contributed by atoms with Crippen LogP contribution < -0.4 is 10.2 Å². The number of nitrogens with one attached hydrogen (secondary N) is 1. The van der Waals surface area contributed by atoms with Gasteiger partial charge in [0.05, 0.1) is 6.42 Å². The summed E-state index contributed by atoms with van der Waals surface area (Å²) in [4.78, 5) is 29.2. The van der Waals surface area contributed by atoms with Crippen LogP contribution in [0.15, 0.2) is 78.9 Å². The molecule has 0 aliphatic carbocycles. The lowest BCUT2D eigenvalue weighted by Crippen LogP contribution is -2.49. The molecule has 0 atom stereocenters. The zero-order valence-electron chi connectivity index (χ0n) is 19.3. The second-order valence-corrected chi connectivity index (χ2v) is 8.86. The van der Waals surface area contributed by atoms with E-state index < -0.39 is 0 Å². The molecule has 1 heterocycles. The Balaban J connectivity index is 1.37. The Morgan fingerprint density at radius 1 is 0.879 bits per heavy atom. The minimum atomic E-state index is -0.0577. The van der Waals surface area contributed by atoms with E-state index in [1.165, 1.54) is 5.56 Å². The summed E-state index contributed by atoms with van der Waals surface area (Å²) < 4.78 is 0. The normalized spacial score (nSPS) is 14.0. The zero-order chi connectivity index (χ0) is 23.2. The van der Waals surface area contributed by atoms with Gasteiger partial charge in [-0.3, -0.25) is 9.69 Å². The molecule has 0 radical (unpaired) electrons. The number of amides is 3. The number of urea groups is 1. The molecule has 3 amide bonds. The number of rotatable bonds is 7. The predicted octanol–water partition coefficient (Wildman–Crippen LogP) is 5.82. The molecule has 5 nitrogen and oxygen atoms in total. The maximum Gasteiger partial charge on any atom is 0.324 e. The van der Waals surface area contributed by atoms with Crippen LogP contribution in [-0.4, -0.2) is 29.9 Å². The van der Waals surface area contributed by atoms with E-state index >= 15 is 0 Å². The second-order valence-electron chi connectivity index (χ2n) is 8.86. The molecular formula is C28H31N3O2. The number of hydrogen-bond acceptors (Lipinski definition) is 2. The van der Waals surface area contributed by atoms with Crippen LogP contribution in [-0.2, 0) is 17.8 Å². The Bertz CT molecular complexity index is 1080. The van der Waals surface area contributed by atoms with Gasteiger partial charge in [0, 0.05) is 31.0 Å². The fourth-order valence-corrected chi connectivity index (χ4v) is 4.11. The fraction of sp³-hybridized carbons (Fsp3) is 0.286. The average Bonchev–Trinajstić information content (AvgIpc) is 2.82. The molecule has 3 aromatic carbocycles. The molecule has 0 saturated carbocycles. The summed E-state index contributed by atoms with van der Waals surface area (Å²) in [6, 6.07) is 25.7. The molecule has 1 aliphatic heterocycles. The summed E-state index contributed by atoms with van der Waals surface area (Å²) in [5, 5.41) is 2.93. The van der Waals surface area contributed by atoms with E-state index in [2.05, 4.69) is 43.4 Å². The molecule has 0 spiro atoms. The van der Waals surface area contributed by atoms with Crippen LogP contribution in [0.25, 0.3) is 0 Å². The SMILES string of the molecule is CC(C)c1ccc(CN2CCCN(c3ccc(NC(=O)Cc4ccccc4)cc3)C2=O)cc1. The van der Waals surface area contributed by atoms with E-state index in [4.69, 9.17) is 0 Å². The maximum absolute atomic E-state index is 13.2. The zero-order valence-corrected chi connectivity index (χ0v) is 19.3. The van der Waals surface area contributed by atoms with Crippen LogP contribution in [0.1, 0.15) is 42.9 Å². The Labute approximate surface area is 196 Å². The Hall–Kier alpha value is -3.60. The summed E-state index contributed by atoms with van der Waals surface area (Å²) in [5.74, 6) is 0.440. The lowest BCUT2D eigenvalue weighted by Gasteiger charge is -2.35. The first-order chi connectivity index (χ1) is 16.0. The predicted molar refractivity (Wildman–Crippen MR) is 134 cm³/mol. The van der Waals surface area contributed by atoms with Crippen LogP contribution in [0.5, 0.6) is 0 Å². The third-order valence-electron chi connectivity index (χ3n) is 6.00. The van der Waals surface area contributed by atoms with Gasteiger partial charge in [0.1, 0.15) is 0 Å². The maximum atomic E-state index is 13.2. The van der Waals surface area contributed by atoms with Gasteiger partial charge in [-0.05, 0) is 53.3 Å². The molecule has 1 N–H and O–H groups in total. The van der Waals surface area contributed by atoms with Gasteiger partial charge >= 0.3 is 6.03 Å². The van der Waals surface area contributed by atoms with Gasteiger partial charge < -0.3 is 10.2 Å². The molecular weight excluding hydrogens is 410 g/mol. The number of carbonyl (C=O) groups excluding carboxylic acids is 2. The highest BCUT2D eigenvalue weighted by Crippen LogP contribution is 2.24. The van der Waals surface area contributed by atoms with Gasteiger partial charge in [-0.15, -0.1) is 0 Å². The Kier molecular flexibility index (Phi) is 7.08. The van der Waals surface area contributed by atoms with E-state index in [0.717, 1.165) is 35.5 Å². The summed E-state index contributed by atoms with van der Waals surface area (Å²) in [6.07, 6.45) is 1.26. The Morgan fingerprint density at radius 3 is 2.24 bits per heavy atom. The average molecular weight is 442 g/mol. The largest absolute Gasteiger partial charge is 0.326 e. The van der Waals surface area contributed by atoms with Crippen molar-refractivity contribution in [1.82, 2.24) is 4.90 Å². The lowest BCUT2D eigenvalue weighted by molar-refractivity contribution is -0.115. The van der Waals surface area contributed by atoms with Gasteiger partial charge in [-0.1, -0.05) is 68.4 Å². The van der Waals surface area contributed by atoms with Gasteiger partial charge in [-0.25, -0.2) is 4.79 Å². The van der Waals surface area contributed by atoms with Gasteiger partial charge in [-0.2, -0.15) is 0 Å². The van der Waals surface area contributed by atoms with Crippen LogP contribution in [0.4, 0.5) is 16.2 Å². The smallest absolute Gasteiger partial charge is 0.324 e. The van der Waals surface area contributed by atoms with Gasteiger partial charge in [0.15, 0.2) is 0 Å². The minimum absolute atomic E-state index is 0.0232. The van der Waals surface area contributed by atoms with E-state index in [1.807, 2.05) is 64.4 Å². The van der Waals surface area contributed by atoms with Crippen molar-refractivity contribution < 1.29 is 9.59 Å². The topological polar surface area (TPSA) is 52.6 Å². The molecule has 33 heavy (non-hydrogen) atoms. The number of anilines is 2. The highest BCUT2D eigenvalue weighted by atomic mass is 16.2. The first-order valence-electron chi connectivity index (χ1n) is 11.6. The molecule has 4 rings (SSSR count). The van der Waals surface area contributed by atoms with Crippen LogP contribution >= 0.6 is 0 Å². The molecule has 1 aliphatic rings. The van der Waals surface area contributed by atoms with Crippen molar-refractivity contribution in [2.45, 2.75) is 39.2 Å². The molecule has 1 fully saturated rings. The first kappa shape index (κ1) is 22.6.